The highest BCUT2D eigenvalue weighted by Crippen LogP contribution is 2.48. The molecule has 5 nitrogen and oxygen atoms in total. The summed E-state index contributed by atoms with van der Waals surface area (Å²) >= 11 is 3.14. The number of nitrogens with one attached hydrogen (secondary N) is 1. The average molecular weight is 363 g/mol. The summed E-state index contributed by atoms with van der Waals surface area (Å²) in [6.07, 6.45) is 4.98. The van der Waals surface area contributed by atoms with Crippen LogP contribution in [0.1, 0.15) is 31.4 Å². The summed E-state index contributed by atoms with van der Waals surface area (Å²) in [6.45, 7) is 0.716. The van der Waals surface area contributed by atoms with E-state index in [4.69, 9.17) is 10.2 Å². The Bertz CT molecular complexity index is 579. The molecule has 0 radical (unpaired) electrons. The van der Waals surface area contributed by atoms with Gasteiger partial charge in [-0.3, -0.25) is 0 Å². The van der Waals surface area contributed by atoms with Crippen molar-refractivity contribution < 1.29 is 12.8 Å². The molecule has 1 aromatic heterocycles. The number of hydrogen-bond acceptors (Lipinski definition) is 4. The van der Waals surface area contributed by atoms with Crippen molar-refractivity contribution in [2.45, 2.75) is 37.1 Å². The monoisotopic (exact) mass is 362 g/mol. The van der Waals surface area contributed by atoms with E-state index >= 15 is 0 Å². The van der Waals surface area contributed by atoms with Gasteiger partial charge in [0.1, 0.15) is 10.7 Å². The molecule has 0 aromatic carbocycles. The molecule has 2 saturated carbocycles. The van der Waals surface area contributed by atoms with Gasteiger partial charge in [-0.1, -0.05) is 0 Å². The normalized spacial score (nSPS) is 19.8. The van der Waals surface area contributed by atoms with E-state index in [1.165, 1.54) is 31.7 Å². The number of rotatable bonds is 7. The van der Waals surface area contributed by atoms with Gasteiger partial charge in [-0.05, 0) is 59.4 Å². The van der Waals surface area contributed by atoms with Crippen LogP contribution in [0.2, 0.25) is 0 Å². The van der Waals surface area contributed by atoms with Crippen molar-refractivity contribution in [2.24, 2.45) is 23.5 Å². The lowest BCUT2D eigenvalue weighted by Crippen LogP contribution is -2.31. The molecule has 0 saturated heterocycles. The van der Waals surface area contributed by atoms with E-state index in [9.17, 15) is 8.42 Å². The predicted molar refractivity (Wildman–Crippen MR) is 78.4 cm³/mol. The molecule has 0 aliphatic heterocycles. The summed E-state index contributed by atoms with van der Waals surface area (Å²) in [5.41, 5.74) is 5.46. The fourth-order valence-corrected chi connectivity index (χ4v) is 4.80. The van der Waals surface area contributed by atoms with E-state index in [-0.39, 0.29) is 16.1 Å². The Kier molecular flexibility index (Phi) is 3.96. The zero-order valence-electron chi connectivity index (χ0n) is 11.1. The molecule has 0 spiro atoms. The van der Waals surface area contributed by atoms with E-state index in [1.54, 1.807) is 0 Å². The van der Waals surface area contributed by atoms with Gasteiger partial charge in [-0.15, -0.1) is 0 Å². The minimum absolute atomic E-state index is 0.142. The molecule has 112 valence electrons. The van der Waals surface area contributed by atoms with Gasteiger partial charge in [0.25, 0.3) is 0 Å². The minimum Gasteiger partial charge on any atom is -0.452 e. The lowest BCUT2D eigenvalue weighted by atomic mass is 9.99. The number of nitrogens with two attached hydrogens (primary N) is 1. The maximum Gasteiger partial charge on any atom is 0.244 e. The molecule has 2 aliphatic carbocycles. The Balaban J connectivity index is 1.69. The van der Waals surface area contributed by atoms with Gasteiger partial charge in [0.05, 0.1) is 6.54 Å². The molecule has 20 heavy (non-hydrogen) atoms. The van der Waals surface area contributed by atoms with Crippen LogP contribution < -0.4 is 10.5 Å². The molecular formula is C13H19BrN2O3S. The Labute approximate surface area is 127 Å². The summed E-state index contributed by atoms with van der Waals surface area (Å²) in [5, 5.41) is 0. The molecule has 3 rings (SSSR count). The highest BCUT2D eigenvalue weighted by Gasteiger charge is 2.41. The fraction of sp³-hybridized carbons (Fsp3) is 0.692. The van der Waals surface area contributed by atoms with Crippen LogP contribution in [-0.4, -0.2) is 15.0 Å². The number of sulfonamides is 1. The SMILES string of the molecule is NCc1cc(S(=O)(=O)NCC(C2CC2)C2CC2)c(Br)o1. The second-order valence-electron chi connectivity index (χ2n) is 5.75. The smallest absolute Gasteiger partial charge is 0.244 e. The van der Waals surface area contributed by atoms with Crippen LogP contribution in [0.4, 0.5) is 0 Å². The maximum absolute atomic E-state index is 12.3. The van der Waals surface area contributed by atoms with Crippen LogP contribution in [0.15, 0.2) is 20.0 Å². The van der Waals surface area contributed by atoms with E-state index in [1.807, 2.05) is 0 Å². The Morgan fingerprint density at radius 1 is 1.35 bits per heavy atom. The fourth-order valence-electron chi connectivity index (χ4n) is 2.73. The van der Waals surface area contributed by atoms with Crippen LogP contribution in [0.25, 0.3) is 0 Å². The predicted octanol–water partition coefficient (Wildman–Crippen LogP) is 2.22. The van der Waals surface area contributed by atoms with Gasteiger partial charge >= 0.3 is 0 Å². The quantitative estimate of drug-likeness (QED) is 0.778. The highest BCUT2D eigenvalue weighted by molar-refractivity contribution is 9.10. The van der Waals surface area contributed by atoms with Gasteiger partial charge in [-0.2, -0.15) is 0 Å². The van der Waals surface area contributed by atoms with Crippen molar-refractivity contribution in [3.63, 3.8) is 0 Å². The summed E-state index contributed by atoms with van der Waals surface area (Å²) in [6, 6.07) is 1.48. The first-order valence-electron chi connectivity index (χ1n) is 6.99. The molecule has 7 heteroatoms. The Hall–Kier alpha value is -0.370. The zero-order chi connectivity index (χ0) is 14.3. The third kappa shape index (κ3) is 3.10. The van der Waals surface area contributed by atoms with Crippen LogP contribution in [-0.2, 0) is 16.6 Å². The Morgan fingerprint density at radius 2 is 1.95 bits per heavy atom. The van der Waals surface area contributed by atoms with Gasteiger partial charge in [-0.25, -0.2) is 13.1 Å². The molecule has 2 fully saturated rings. The van der Waals surface area contributed by atoms with Gasteiger partial charge in [0.2, 0.25) is 10.0 Å². The topological polar surface area (TPSA) is 85.3 Å². The maximum atomic E-state index is 12.3. The van der Waals surface area contributed by atoms with Gasteiger partial charge in [0, 0.05) is 12.6 Å². The molecule has 1 heterocycles. The van der Waals surface area contributed by atoms with Gasteiger partial charge < -0.3 is 10.2 Å². The van der Waals surface area contributed by atoms with Crippen molar-refractivity contribution in [3.05, 3.63) is 16.5 Å². The van der Waals surface area contributed by atoms with Crippen molar-refractivity contribution in [1.29, 1.82) is 0 Å². The Morgan fingerprint density at radius 3 is 2.40 bits per heavy atom. The summed E-state index contributed by atoms with van der Waals surface area (Å²) < 4.78 is 32.9. The molecule has 2 aliphatic rings. The number of hydrogen-bond donors (Lipinski definition) is 2. The van der Waals surface area contributed by atoms with E-state index in [0.29, 0.717) is 18.2 Å². The number of halogens is 1. The third-order valence-electron chi connectivity index (χ3n) is 4.16. The first-order valence-corrected chi connectivity index (χ1v) is 9.27. The molecule has 0 bridgehead atoms. The largest absolute Gasteiger partial charge is 0.452 e. The van der Waals surface area contributed by atoms with Gasteiger partial charge in [0.15, 0.2) is 4.67 Å². The van der Waals surface area contributed by atoms with E-state index in [0.717, 1.165) is 11.8 Å². The average Bonchev–Trinajstić information content (AvgIpc) is 3.29. The molecule has 3 N–H and O–H groups in total. The van der Waals surface area contributed by atoms with Crippen LogP contribution >= 0.6 is 15.9 Å². The first kappa shape index (κ1) is 14.6. The number of furan rings is 1. The molecule has 0 unspecified atom stereocenters. The van der Waals surface area contributed by atoms with Crippen molar-refractivity contribution in [3.8, 4) is 0 Å². The van der Waals surface area contributed by atoms with Crippen LogP contribution in [0.5, 0.6) is 0 Å². The highest BCUT2D eigenvalue weighted by atomic mass is 79.9. The molecule has 1 aromatic rings. The van der Waals surface area contributed by atoms with E-state index < -0.39 is 10.0 Å². The summed E-state index contributed by atoms with van der Waals surface area (Å²) in [5.74, 6) is 2.40. The standard InChI is InChI=1S/C13H19BrN2O3S/c14-13-12(5-10(6-15)19-13)20(17,18)16-7-11(8-1-2-8)9-3-4-9/h5,8-9,11,16H,1-4,6-7,15H2. The van der Waals surface area contributed by atoms with Crippen LogP contribution in [0.3, 0.4) is 0 Å². The van der Waals surface area contributed by atoms with Crippen molar-refractivity contribution in [1.82, 2.24) is 4.72 Å². The lowest BCUT2D eigenvalue weighted by molar-refractivity contribution is 0.401. The molecule has 0 amide bonds. The van der Waals surface area contributed by atoms with E-state index in [2.05, 4.69) is 20.7 Å². The first-order chi connectivity index (χ1) is 9.51. The summed E-state index contributed by atoms with van der Waals surface area (Å²) in [7, 11) is -3.53. The molecule has 0 atom stereocenters. The third-order valence-corrected chi connectivity index (χ3v) is 6.44. The molecular weight excluding hydrogens is 344 g/mol. The van der Waals surface area contributed by atoms with Crippen LogP contribution in [0, 0.1) is 17.8 Å². The second kappa shape index (κ2) is 5.44. The lowest BCUT2D eigenvalue weighted by Gasteiger charge is -2.15. The summed E-state index contributed by atoms with van der Waals surface area (Å²) in [4.78, 5) is 0.142. The zero-order valence-corrected chi connectivity index (χ0v) is 13.5. The minimum atomic E-state index is -3.53. The van der Waals surface area contributed by atoms with Crippen molar-refractivity contribution in [2.75, 3.05) is 6.54 Å². The second-order valence-corrected chi connectivity index (χ2v) is 8.20. The van der Waals surface area contributed by atoms with Crippen molar-refractivity contribution >= 4 is 26.0 Å².